The molecule has 43 heavy (non-hydrogen) atoms. The Morgan fingerprint density at radius 3 is 2.07 bits per heavy atom. The standard InChI is InChI=1S/C32H32ClF3N2O4S/c1-41-28-12-6-23(7-13-28)21-38(18-19-43(2,39)40)22-31(24-4-3-5-25(20-24)32(34,35)36)37-27-10-16-30(17-11-27)42-29-14-8-26(33)9-15-29/h3-17,20,31,37H,18-19,21-22H2,1-2H3/t31-/m1/s1. The van der Waals surface area contributed by atoms with Gasteiger partial charge in [0.1, 0.15) is 27.1 Å². The molecule has 0 aliphatic rings. The summed E-state index contributed by atoms with van der Waals surface area (Å²) < 4.78 is 76.1. The van der Waals surface area contributed by atoms with Gasteiger partial charge in [0.15, 0.2) is 0 Å². The number of hydrogen-bond acceptors (Lipinski definition) is 6. The fourth-order valence-corrected chi connectivity index (χ4v) is 5.12. The maximum atomic E-state index is 13.6. The Labute approximate surface area is 254 Å². The quantitative estimate of drug-likeness (QED) is 0.162. The minimum absolute atomic E-state index is 0.102. The SMILES string of the molecule is COc1ccc(CN(CCS(C)(=O)=O)C[C@@H](Nc2ccc(Oc3ccc(Cl)cc3)cc2)c2cccc(C(F)(F)F)c2)cc1. The van der Waals surface area contributed by atoms with Crippen molar-refractivity contribution in [3.8, 4) is 17.2 Å². The molecule has 0 saturated carbocycles. The van der Waals surface area contributed by atoms with Gasteiger partial charge in [-0.15, -0.1) is 0 Å². The third-order valence-electron chi connectivity index (χ3n) is 6.65. The Morgan fingerprint density at radius 1 is 0.884 bits per heavy atom. The van der Waals surface area contributed by atoms with Crippen molar-refractivity contribution < 1.29 is 31.1 Å². The van der Waals surface area contributed by atoms with Crippen LogP contribution in [0.2, 0.25) is 5.02 Å². The number of methoxy groups -OCH3 is 1. The molecule has 0 heterocycles. The molecule has 1 N–H and O–H groups in total. The van der Waals surface area contributed by atoms with Crippen molar-refractivity contribution in [2.75, 3.05) is 37.5 Å². The molecule has 0 fully saturated rings. The van der Waals surface area contributed by atoms with E-state index in [1.165, 1.54) is 6.07 Å². The first-order valence-electron chi connectivity index (χ1n) is 13.4. The third-order valence-corrected chi connectivity index (χ3v) is 7.82. The van der Waals surface area contributed by atoms with E-state index in [0.29, 0.717) is 40.1 Å². The van der Waals surface area contributed by atoms with E-state index in [2.05, 4.69) is 5.32 Å². The van der Waals surface area contributed by atoms with E-state index in [4.69, 9.17) is 21.1 Å². The van der Waals surface area contributed by atoms with E-state index in [1.54, 1.807) is 73.8 Å². The van der Waals surface area contributed by atoms with Crippen LogP contribution >= 0.6 is 11.6 Å². The van der Waals surface area contributed by atoms with E-state index >= 15 is 0 Å². The molecule has 0 aromatic heterocycles. The average Bonchev–Trinajstić information content (AvgIpc) is 2.97. The van der Waals surface area contributed by atoms with E-state index in [1.807, 2.05) is 17.0 Å². The maximum absolute atomic E-state index is 13.6. The minimum atomic E-state index is -4.51. The highest BCUT2D eigenvalue weighted by Gasteiger charge is 2.31. The van der Waals surface area contributed by atoms with Crippen molar-refractivity contribution in [2.45, 2.75) is 18.8 Å². The van der Waals surface area contributed by atoms with Gasteiger partial charge in [0, 0.05) is 36.6 Å². The molecular formula is C32H32ClF3N2O4S. The van der Waals surface area contributed by atoms with Gasteiger partial charge < -0.3 is 14.8 Å². The predicted molar refractivity (Wildman–Crippen MR) is 164 cm³/mol. The lowest BCUT2D eigenvalue weighted by molar-refractivity contribution is -0.137. The Bertz CT molecular complexity index is 1580. The van der Waals surface area contributed by atoms with Crippen molar-refractivity contribution in [3.05, 3.63) is 119 Å². The van der Waals surface area contributed by atoms with Crippen LogP contribution in [0.25, 0.3) is 0 Å². The largest absolute Gasteiger partial charge is 0.497 e. The second-order valence-electron chi connectivity index (χ2n) is 10.1. The zero-order valence-corrected chi connectivity index (χ0v) is 25.2. The second-order valence-corrected chi connectivity index (χ2v) is 12.8. The van der Waals surface area contributed by atoms with Crippen LogP contribution in [0.15, 0.2) is 97.1 Å². The second kappa shape index (κ2) is 14.2. The number of nitrogens with zero attached hydrogens (tertiary/aromatic N) is 1. The summed E-state index contributed by atoms with van der Waals surface area (Å²) in [4.78, 5) is 1.92. The molecule has 0 aliphatic carbocycles. The van der Waals surface area contributed by atoms with Gasteiger partial charge in [-0.3, -0.25) is 4.90 Å². The molecule has 4 aromatic carbocycles. The van der Waals surface area contributed by atoms with E-state index < -0.39 is 27.6 Å². The van der Waals surface area contributed by atoms with Gasteiger partial charge in [-0.1, -0.05) is 35.9 Å². The maximum Gasteiger partial charge on any atom is 0.416 e. The zero-order chi connectivity index (χ0) is 31.0. The molecule has 0 spiro atoms. The molecule has 0 unspecified atom stereocenters. The Hall–Kier alpha value is -3.73. The molecule has 228 valence electrons. The highest BCUT2D eigenvalue weighted by atomic mass is 35.5. The van der Waals surface area contributed by atoms with E-state index in [9.17, 15) is 21.6 Å². The van der Waals surface area contributed by atoms with Crippen LogP contribution in [-0.2, 0) is 22.6 Å². The third kappa shape index (κ3) is 10.2. The first-order chi connectivity index (χ1) is 20.4. The van der Waals surface area contributed by atoms with E-state index in [-0.39, 0.29) is 18.8 Å². The topological polar surface area (TPSA) is 67.9 Å². The Balaban J connectivity index is 1.61. The highest BCUT2D eigenvalue weighted by molar-refractivity contribution is 7.90. The number of ether oxygens (including phenoxy) is 2. The smallest absolute Gasteiger partial charge is 0.416 e. The molecule has 0 saturated heterocycles. The van der Waals surface area contributed by atoms with Crippen LogP contribution in [0.5, 0.6) is 17.2 Å². The van der Waals surface area contributed by atoms with Gasteiger partial charge in [0.05, 0.1) is 24.5 Å². The predicted octanol–water partition coefficient (Wildman–Crippen LogP) is 7.86. The van der Waals surface area contributed by atoms with Gasteiger partial charge in [0.25, 0.3) is 0 Å². The van der Waals surface area contributed by atoms with Gasteiger partial charge in [0.2, 0.25) is 0 Å². The normalized spacial score (nSPS) is 12.6. The van der Waals surface area contributed by atoms with Gasteiger partial charge >= 0.3 is 6.18 Å². The van der Waals surface area contributed by atoms with Crippen LogP contribution in [0, 0.1) is 0 Å². The molecule has 6 nitrogen and oxygen atoms in total. The summed E-state index contributed by atoms with van der Waals surface area (Å²) in [6.45, 7) is 0.798. The first kappa shape index (κ1) is 32.2. The Morgan fingerprint density at radius 2 is 1.49 bits per heavy atom. The summed E-state index contributed by atoms with van der Waals surface area (Å²) >= 11 is 5.94. The van der Waals surface area contributed by atoms with Crippen molar-refractivity contribution in [3.63, 3.8) is 0 Å². The van der Waals surface area contributed by atoms with Crippen molar-refractivity contribution in [2.24, 2.45) is 0 Å². The number of anilines is 1. The van der Waals surface area contributed by atoms with Crippen LogP contribution in [0.3, 0.4) is 0 Å². The van der Waals surface area contributed by atoms with Crippen molar-refractivity contribution in [1.82, 2.24) is 4.90 Å². The summed E-state index contributed by atoms with van der Waals surface area (Å²) in [6.07, 6.45) is -3.35. The van der Waals surface area contributed by atoms with Gasteiger partial charge in [-0.2, -0.15) is 13.2 Å². The number of sulfone groups is 1. The molecule has 0 bridgehead atoms. The van der Waals surface area contributed by atoms with Gasteiger partial charge in [-0.05, 0) is 83.9 Å². The van der Waals surface area contributed by atoms with Crippen molar-refractivity contribution in [1.29, 1.82) is 0 Å². The average molecular weight is 633 g/mol. The van der Waals surface area contributed by atoms with Crippen LogP contribution < -0.4 is 14.8 Å². The lowest BCUT2D eigenvalue weighted by Gasteiger charge is -2.29. The summed E-state index contributed by atoms with van der Waals surface area (Å²) in [6, 6.07) is 25.9. The van der Waals surface area contributed by atoms with Crippen molar-refractivity contribution >= 4 is 27.1 Å². The molecule has 4 aromatic rings. The lowest BCUT2D eigenvalue weighted by atomic mass is 10.0. The Kier molecular flexibility index (Phi) is 10.6. The number of alkyl halides is 3. The number of benzene rings is 4. The highest BCUT2D eigenvalue weighted by Crippen LogP contribution is 2.32. The lowest BCUT2D eigenvalue weighted by Crippen LogP contribution is -2.35. The fourth-order valence-electron chi connectivity index (χ4n) is 4.40. The summed E-state index contributed by atoms with van der Waals surface area (Å²) in [5, 5.41) is 3.94. The molecule has 0 amide bonds. The number of rotatable bonds is 13. The number of halogens is 4. The summed E-state index contributed by atoms with van der Waals surface area (Å²) in [5.74, 6) is 1.75. The minimum Gasteiger partial charge on any atom is -0.497 e. The molecule has 11 heteroatoms. The number of hydrogen-bond donors (Lipinski definition) is 1. The molecule has 0 radical (unpaired) electrons. The number of nitrogens with one attached hydrogen (secondary N) is 1. The van der Waals surface area contributed by atoms with Gasteiger partial charge in [-0.25, -0.2) is 8.42 Å². The molecule has 0 aliphatic heterocycles. The fraction of sp³-hybridized carbons (Fsp3) is 0.250. The van der Waals surface area contributed by atoms with Crippen LogP contribution in [-0.4, -0.2) is 45.5 Å². The monoisotopic (exact) mass is 632 g/mol. The molecular weight excluding hydrogens is 601 g/mol. The van der Waals surface area contributed by atoms with Crippen LogP contribution in [0.1, 0.15) is 22.7 Å². The van der Waals surface area contributed by atoms with E-state index in [0.717, 1.165) is 24.0 Å². The zero-order valence-electron chi connectivity index (χ0n) is 23.6. The summed E-state index contributed by atoms with van der Waals surface area (Å²) in [7, 11) is -1.73. The molecule has 1 atom stereocenters. The molecule has 4 rings (SSSR count). The van der Waals surface area contributed by atoms with Crippen LogP contribution in [0.4, 0.5) is 18.9 Å². The first-order valence-corrected chi connectivity index (χ1v) is 15.8. The summed E-state index contributed by atoms with van der Waals surface area (Å²) in [5.41, 5.74) is 1.20.